The summed E-state index contributed by atoms with van der Waals surface area (Å²) in [5.41, 5.74) is 4.09. The van der Waals surface area contributed by atoms with Gasteiger partial charge in [-0.05, 0) is 18.2 Å². The summed E-state index contributed by atoms with van der Waals surface area (Å²) < 4.78 is 0. The van der Waals surface area contributed by atoms with Gasteiger partial charge in [-0.2, -0.15) is 0 Å². The van der Waals surface area contributed by atoms with E-state index < -0.39 is 0 Å². The van der Waals surface area contributed by atoms with Gasteiger partial charge in [0.25, 0.3) is 0 Å². The van der Waals surface area contributed by atoms with Crippen molar-refractivity contribution in [2.45, 2.75) is 0 Å². The minimum atomic E-state index is 0.0609. The minimum Gasteiger partial charge on any atom is -0.508 e. The first-order valence-electron chi connectivity index (χ1n) is 7.95. The van der Waals surface area contributed by atoms with Gasteiger partial charge in [-0.15, -0.1) is 0 Å². The first kappa shape index (κ1) is 15.0. The van der Waals surface area contributed by atoms with Crippen LogP contribution in [0, 0.1) is 0 Å². The Labute approximate surface area is 145 Å². The molecule has 0 aliphatic heterocycles. The van der Waals surface area contributed by atoms with Crippen molar-refractivity contribution in [3.63, 3.8) is 0 Å². The highest BCUT2D eigenvalue weighted by Crippen LogP contribution is 2.36. The molecule has 0 fully saturated rings. The molecule has 4 rings (SSSR count). The molecule has 0 aliphatic carbocycles. The van der Waals surface area contributed by atoms with Gasteiger partial charge in [0.15, 0.2) is 0 Å². The van der Waals surface area contributed by atoms with E-state index >= 15 is 0 Å². The third-order valence-corrected chi connectivity index (χ3v) is 4.05. The highest BCUT2D eigenvalue weighted by Gasteiger charge is 2.17. The molecule has 4 aromatic rings. The summed E-state index contributed by atoms with van der Waals surface area (Å²) in [6.07, 6.45) is 0. The number of nitrogens with one attached hydrogen (secondary N) is 1. The number of H-pyrrole nitrogens is 1. The molecular formula is C21H16N2O2. The molecule has 3 N–H and O–H groups in total. The SMILES string of the molecule is Oc1ccc(O)c(-c2nc(-c3ccccc3)c(-c3ccccc3)[nH]2)c1. The molecule has 3 aromatic carbocycles. The van der Waals surface area contributed by atoms with Crippen LogP contribution in [0.4, 0.5) is 0 Å². The Morgan fingerprint density at radius 2 is 1.36 bits per heavy atom. The molecule has 122 valence electrons. The number of benzene rings is 3. The normalized spacial score (nSPS) is 10.7. The minimum absolute atomic E-state index is 0.0609. The van der Waals surface area contributed by atoms with Gasteiger partial charge >= 0.3 is 0 Å². The molecule has 4 nitrogen and oxygen atoms in total. The molecule has 0 spiro atoms. The van der Waals surface area contributed by atoms with Gasteiger partial charge in [0.05, 0.1) is 17.0 Å². The number of hydrogen-bond donors (Lipinski definition) is 3. The van der Waals surface area contributed by atoms with Crippen molar-refractivity contribution in [2.24, 2.45) is 0 Å². The molecular weight excluding hydrogens is 312 g/mol. The van der Waals surface area contributed by atoms with E-state index in [4.69, 9.17) is 4.98 Å². The van der Waals surface area contributed by atoms with E-state index in [0.29, 0.717) is 11.4 Å². The number of imidazole rings is 1. The van der Waals surface area contributed by atoms with Gasteiger partial charge in [-0.3, -0.25) is 0 Å². The van der Waals surface area contributed by atoms with E-state index in [0.717, 1.165) is 22.5 Å². The fraction of sp³-hybridized carbons (Fsp3) is 0. The lowest BCUT2D eigenvalue weighted by molar-refractivity contribution is 0.461. The van der Waals surface area contributed by atoms with Crippen LogP contribution in [0.5, 0.6) is 11.5 Å². The number of aromatic nitrogens is 2. The maximum absolute atomic E-state index is 10.2. The van der Waals surface area contributed by atoms with E-state index in [1.807, 2.05) is 60.7 Å². The Bertz CT molecular complexity index is 952. The lowest BCUT2D eigenvalue weighted by atomic mass is 10.1. The maximum atomic E-state index is 10.2. The number of phenolic OH excluding ortho intramolecular Hbond substituents is 2. The summed E-state index contributed by atoms with van der Waals surface area (Å²) in [5, 5.41) is 19.9. The van der Waals surface area contributed by atoms with Crippen LogP contribution in [0.25, 0.3) is 33.9 Å². The summed E-state index contributed by atoms with van der Waals surface area (Å²) in [6, 6.07) is 24.2. The van der Waals surface area contributed by atoms with Crippen molar-refractivity contribution >= 4 is 0 Å². The molecule has 25 heavy (non-hydrogen) atoms. The molecule has 0 unspecified atom stereocenters. The summed E-state index contributed by atoms with van der Waals surface area (Å²) in [7, 11) is 0. The van der Waals surface area contributed by atoms with Gasteiger partial charge in [0.2, 0.25) is 0 Å². The number of aromatic hydroxyl groups is 2. The van der Waals surface area contributed by atoms with Crippen LogP contribution >= 0.6 is 0 Å². The van der Waals surface area contributed by atoms with Gasteiger partial charge in [0.1, 0.15) is 17.3 Å². The second-order valence-corrected chi connectivity index (χ2v) is 5.74. The average molecular weight is 328 g/mol. The van der Waals surface area contributed by atoms with Crippen LogP contribution in [-0.2, 0) is 0 Å². The van der Waals surface area contributed by atoms with Crippen LogP contribution in [0.15, 0.2) is 78.9 Å². The summed E-state index contributed by atoms with van der Waals surface area (Å²) in [4.78, 5) is 8.00. The topological polar surface area (TPSA) is 69.1 Å². The highest BCUT2D eigenvalue weighted by molar-refractivity contribution is 5.82. The number of phenols is 2. The second kappa shape index (κ2) is 6.17. The third-order valence-electron chi connectivity index (χ3n) is 4.05. The lowest BCUT2D eigenvalue weighted by Crippen LogP contribution is -1.82. The van der Waals surface area contributed by atoms with Crippen LogP contribution < -0.4 is 0 Å². The molecule has 4 heteroatoms. The van der Waals surface area contributed by atoms with E-state index in [-0.39, 0.29) is 11.5 Å². The fourth-order valence-electron chi connectivity index (χ4n) is 2.83. The Morgan fingerprint density at radius 1 is 0.720 bits per heavy atom. The van der Waals surface area contributed by atoms with Gasteiger partial charge in [-0.25, -0.2) is 4.98 Å². The highest BCUT2D eigenvalue weighted by atomic mass is 16.3. The zero-order chi connectivity index (χ0) is 17.2. The summed E-state index contributed by atoms with van der Waals surface area (Å²) in [5.74, 6) is 0.642. The molecule has 0 amide bonds. The summed E-state index contributed by atoms with van der Waals surface area (Å²) in [6.45, 7) is 0. The monoisotopic (exact) mass is 328 g/mol. The molecule has 0 saturated carbocycles. The van der Waals surface area contributed by atoms with Gasteiger partial charge in [0, 0.05) is 11.1 Å². The second-order valence-electron chi connectivity index (χ2n) is 5.74. The predicted octanol–water partition coefficient (Wildman–Crippen LogP) is 4.82. The number of aromatic amines is 1. The molecule has 0 atom stereocenters. The molecule has 0 saturated heterocycles. The van der Waals surface area contributed by atoms with Crippen molar-refractivity contribution in [1.82, 2.24) is 9.97 Å². The molecule has 1 heterocycles. The maximum Gasteiger partial charge on any atom is 0.142 e. The first-order chi connectivity index (χ1) is 12.2. The van der Waals surface area contributed by atoms with E-state index in [2.05, 4.69) is 4.98 Å². The smallest absolute Gasteiger partial charge is 0.142 e. The Kier molecular flexibility index (Phi) is 3.71. The predicted molar refractivity (Wildman–Crippen MR) is 98.2 cm³/mol. The van der Waals surface area contributed by atoms with Crippen LogP contribution in [0.2, 0.25) is 0 Å². The summed E-state index contributed by atoms with van der Waals surface area (Å²) >= 11 is 0. The van der Waals surface area contributed by atoms with E-state index in [1.54, 1.807) is 0 Å². The van der Waals surface area contributed by atoms with Gasteiger partial charge < -0.3 is 15.2 Å². The number of rotatable bonds is 3. The zero-order valence-corrected chi connectivity index (χ0v) is 13.3. The fourth-order valence-corrected chi connectivity index (χ4v) is 2.83. The molecule has 0 bridgehead atoms. The Hall–Kier alpha value is -3.53. The van der Waals surface area contributed by atoms with Crippen LogP contribution in [0.1, 0.15) is 0 Å². The molecule has 0 aliphatic rings. The van der Waals surface area contributed by atoms with Crippen molar-refractivity contribution in [3.8, 4) is 45.4 Å². The van der Waals surface area contributed by atoms with Gasteiger partial charge in [-0.1, -0.05) is 60.7 Å². The average Bonchev–Trinajstić information content (AvgIpc) is 3.10. The van der Waals surface area contributed by atoms with E-state index in [1.165, 1.54) is 18.2 Å². The van der Waals surface area contributed by atoms with Crippen molar-refractivity contribution < 1.29 is 10.2 Å². The molecule has 0 radical (unpaired) electrons. The quantitative estimate of drug-likeness (QED) is 0.472. The lowest BCUT2D eigenvalue weighted by Gasteiger charge is -2.02. The van der Waals surface area contributed by atoms with Crippen molar-refractivity contribution in [3.05, 3.63) is 78.9 Å². The van der Waals surface area contributed by atoms with E-state index in [9.17, 15) is 10.2 Å². The van der Waals surface area contributed by atoms with Crippen LogP contribution in [-0.4, -0.2) is 20.2 Å². The Morgan fingerprint density at radius 3 is 2.04 bits per heavy atom. The first-order valence-corrected chi connectivity index (χ1v) is 7.95. The van der Waals surface area contributed by atoms with Crippen molar-refractivity contribution in [1.29, 1.82) is 0 Å². The standard InChI is InChI=1S/C21H16N2O2/c24-16-11-12-18(25)17(13-16)21-22-19(14-7-3-1-4-8-14)20(23-21)15-9-5-2-6-10-15/h1-13,24-25H,(H,22,23). The molecule has 1 aromatic heterocycles. The van der Waals surface area contributed by atoms with Crippen molar-refractivity contribution in [2.75, 3.05) is 0 Å². The third kappa shape index (κ3) is 2.85. The zero-order valence-electron chi connectivity index (χ0n) is 13.3. The Balaban J connectivity index is 1.94. The largest absolute Gasteiger partial charge is 0.508 e. The number of nitrogens with zero attached hydrogens (tertiary/aromatic N) is 1. The van der Waals surface area contributed by atoms with Crippen LogP contribution in [0.3, 0.4) is 0 Å². The number of hydrogen-bond acceptors (Lipinski definition) is 3.